The third-order valence-electron chi connectivity index (χ3n) is 2.30. The smallest absolute Gasteiger partial charge is 0.0702 e. The van der Waals surface area contributed by atoms with Crippen LogP contribution in [0.25, 0.3) is 0 Å². The molecule has 1 aliphatic heterocycles. The van der Waals surface area contributed by atoms with Gasteiger partial charge in [-0.2, -0.15) is 0 Å². The first-order valence-electron chi connectivity index (χ1n) is 4.27. The van der Waals surface area contributed by atoms with Gasteiger partial charge >= 0.3 is 0 Å². The van der Waals surface area contributed by atoms with E-state index in [9.17, 15) is 0 Å². The van der Waals surface area contributed by atoms with E-state index < -0.39 is 0 Å². The summed E-state index contributed by atoms with van der Waals surface area (Å²) >= 11 is 0. The highest BCUT2D eigenvalue weighted by Gasteiger charge is 2.26. The fourth-order valence-electron chi connectivity index (χ4n) is 1.50. The van der Waals surface area contributed by atoms with Crippen molar-refractivity contribution in [2.75, 3.05) is 19.7 Å². The highest BCUT2D eigenvalue weighted by molar-refractivity contribution is 4.79. The van der Waals surface area contributed by atoms with E-state index in [1.165, 1.54) is 19.3 Å². The minimum Gasteiger partial charge on any atom is -0.376 e. The SMILES string of the molecule is C1COC(CC2CC2)CN1. The minimum absolute atomic E-state index is 0.529. The summed E-state index contributed by atoms with van der Waals surface area (Å²) in [6, 6.07) is 0. The molecular formula is C8H15NO. The van der Waals surface area contributed by atoms with E-state index in [1.807, 2.05) is 0 Å². The second-order valence-electron chi connectivity index (χ2n) is 3.38. The fourth-order valence-corrected chi connectivity index (χ4v) is 1.50. The average Bonchev–Trinajstić information content (AvgIpc) is 2.74. The highest BCUT2D eigenvalue weighted by Crippen LogP contribution is 2.34. The lowest BCUT2D eigenvalue weighted by atomic mass is 10.1. The molecule has 0 bridgehead atoms. The summed E-state index contributed by atoms with van der Waals surface area (Å²) in [5, 5.41) is 3.34. The van der Waals surface area contributed by atoms with Crippen LogP contribution >= 0.6 is 0 Å². The maximum Gasteiger partial charge on any atom is 0.0702 e. The third-order valence-corrected chi connectivity index (χ3v) is 2.30. The van der Waals surface area contributed by atoms with Crippen LogP contribution in [0.2, 0.25) is 0 Å². The molecule has 0 spiro atoms. The van der Waals surface area contributed by atoms with Crippen LogP contribution in [0.1, 0.15) is 19.3 Å². The van der Waals surface area contributed by atoms with Crippen LogP contribution in [0.15, 0.2) is 0 Å². The maximum absolute atomic E-state index is 5.57. The van der Waals surface area contributed by atoms with Crippen molar-refractivity contribution in [1.82, 2.24) is 5.32 Å². The van der Waals surface area contributed by atoms with Gasteiger partial charge in [0.1, 0.15) is 0 Å². The number of rotatable bonds is 2. The normalized spacial score (nSPS) is 34.2. The molecule has 58 valence electrons. The minimum atomic E-state index is 0.529. The van der Waals surface area contributed by atoms with Crippen molar-refractivity contribution in [2.24, 2.45) is 5.92 Å². The molecule has 1 N–H and O–H groups in total. The predicted molar refractivity (Wildman–Crippen MR) is 40.0 cm³/mol. The lowest BCUT2D eigenvalue weighted by Gasteiger charge is -2.23. The van der Waals surface area contributed by atoms with Gasteiger partial charge in [0.15, 0.2) is 0 Å². The Kier molecular flexibility index (Phi) is 1.91. The van der Waals surface area contributed by atoms with Gasteiger partial charge in [-0.3, -0.25) is 0 Å². The Labute approximate surface area is 61.9 Å². The van der Waals surface area contributed by atoms with Crippen LogP contribution < -0.4 is 5.32 Å². The first-order chi connectivity index (χ1) is 4.95. The molecular weight excluding hydrogens is 126 g/mol. The lowest BCUT2D eigenvalue weighted by molar-refractivity contribution is 0.0202. The van der Waals surface area contributed by atoms with Crippen molar-refractivity contribution in [3.63, 3.8) is 0 Å². The Morgan fingerprint density at radius 2 is 2.30 bits per heavy atom. The number of ether oxygens (including phenoxy) is 1. The fraction of sp³-hybridized carbons (Fsp3) is 1.00. The molecule has 0 aromatic carbocycles. The molecule has 0 aromatic heterocycles. The molecule has 1 atom stereocenters. The molecule has 0 aromatic rings. The molecule has 1 saturated carbocycles. The van der Waals surface area contributed by atoms with Crippen LogP contribution in [-0.2, 0) is 4.74 Å². The summed E-state index contributed by atoms with van der Waals surface area (Å²) in [7, 11) is 0. The van der Waals surface area contributed by atoms with E-state index in [0.29, 0.717) is 6.10 Å². The molecule has 2 aliphatic rings. The Hall–Kier alpha value is -0.0800. The van der Waals surface area contributed by atoms with E-state index in [2.05, 4.69) is 5.32 Å². The van der Waals surface area contributed by atoms with E-state index in [0.717, 1.165) is 25.6 Å². The molecule has 1 unspecified atom stereocenters. The standard InChI is InChI=1S/C8H15NO/c1-2-7(1)5-8-6-9-3-4-10-8/h7-9H,1-6H2. The van der Waals surface area contributed by atoms with Gasteiger partial charge in [0, 0.05) is 13.1 Å². The molecule has 0 radical (unpaired) electrons. The topological polar surface area (TPSA) is 21.3 Å². The van der Waals surface area contributed by atoms with Gasteiger partial charge in [0.25, 0.3) is 0 Å². The van der Waals surface area contributed by atoms with Gasteiger partial charge in [-0.25, -0.2) is 0 Å². The Bertz CT molecular complexity index is 106. The van der Waals surface area contributed by atoms with Crippen molar-refractivity contribution in [3.05, 3.63) is 0 Å². The summed E-state index contributed by atoms with van der Waals surface area (Å²) in [4.78, 5) is 0. The van der Waals surface area contributed by atoms with E-state index in [1.54, 1.807) is 0 Å². The van der Waals surface area contributed by atoms with Gasteiger partial charge in [-0.05, 0) is 12.3 Å². The van der Waals surface area contributed by atoms with Crippen LogP contribution in [0.3, 0.4) is 0 Å². The van der Waals surface area contributed by atoms with Crippen molar-refractivity contribution < 1.29 is 4.74 Å². The van der Waals surface area contributed by atoms with Gasteiger partial charge in [0.05, 0.1) is 12.7 Å². The summed E-state index contributed by atoms with van der Waals surface area (Å²) < 4.78 is 5.57. The molecule has 2 rings (SSSR count). The quantitative estimate of drug-likeness (QED) is 0.613. The summed E-state index contributed by atoms with van der Waals surface area (Å²) in [6.07, 6.45) is 4.72. The molecule has 10 heavy (non-hydrogen) atoms. The predicted octanol–water partition coefficient (Wildman–Crippen LogP) is 0.775. The van der Waals surface area contributed by atoms with Crippen molar-refractivity contribution >= 4 is 0 Å². The number of hydrogen-bond donors (Lipinski definition) is 1. The van der Waals surface area contributed by atoms with Gasteiger partial charge in [-0.1, -0.05) is 12.8 Å². The van der Waals surface area contributed by atoms with Crippen LogP contribution in [-0.4, -0.2) is 25.8 Å². The first kappa shape index (κ1) is 6.62. The lowest BCUT2D eigenvalue weighted by Crippen LogP contribution is -2.38. The Balaban J connectivity index is 1.69. The van der Waals surface area contributed by atoms with Gasteiger partial charge < -0.3 is 10.1 Å². The first-order valence-corrected chi connectivity index (χ1v) is 4.27. The third kappa shape index (κ3) is 1.70. The Morgan fingerprint density at radius 1 is 1.40 bits per heavy atom. The van der Waals surface area contributed by atoms with Crippen molar-refractivity contribution in [2.45, 2.75) is 25.4 Å². The largest absolute Gasteiger partial charge is 0.376 e. The van der Waals surface area contributed by atoms with Gasteiger partial charge in [0.2, 0.25) is 0 Å². The summed E-state index contributed by atoms with van der Waals surface area (Å²) in [5.74, 6) is 1.00. The van der Waals surface area contributed by atoms with E-state index in [4.69, 9.17) is 4.74 Å². The van der Waals surface area contributed by atoms with Crippen molar-refractivity contribution in [3.8, 4) is 0 Å². The molecule has 1 aliphatic carbocycles. The zero-order chi connectivity index (χ0) is 6.81. The zero-order valence-corrected chi connectivity index (χ0v) is 6.31. The zero-order valence-electron chi connectivity index (χ0n) is 6.31. The molecule has 1 saturated heterocycles. The van der Waals surface area contributed by atoms with Crippen molar-refractivity contribution in [1.29, 1.82) is 0 Å². The summed E-state index contributed by atoms with van der Waals surface area (Å²) in [6.45, 7) is 3.04. The molecule has 2 heteroatoms. The maximum atomic E-state index is 5.57. The number of morpholine rings is 1. The molecule has 1 heterocycles. The summed E-state index contributed by atoms with van der Waals surface area (Å²) in [5.41, 5.74) is 0. The van der Waals surface area contributed by atoms with Crippen LogP contribution in [0.5, 0.6) is 0 Å². The molecule has 0 amide bonds. The van der Waals surface area contributed by atoms with Crippen LogP contribution in [0.4, 0.5) is 0 Å². The highest BCUT2D eigenvalue weighted by atomic mass is 16.5. The van der Waals surface area contributed by atoms with Gasteiger partial charge in [-0.15, -0.1) is 0 Å². The monoisotopic (exact) mass is 141 g/mol. The Morgan fingerprint density at radius 3 is 2.90 bits per heavy atom. The molecule has 2 nitrogen and oxygen atoms in total. The number of nitrogens with one attached hydrogen (secondary N) is 1. The second-order valence-corrected chi connectivity index (χ2v) is 3.38. The number of hydrogen-bond acceptors (Lipinski definition) is 2. The second kappa shape index (κ2) is 2.89. The molecule has 2 fully saturated rings. The van der Waals surface area contributed by atoms with E-state index >= 15 is 0 Å². The average molecular weight is 141 g/mol. The van der Waals surface area contributed by atoms with Crippen LogP contribution in [0, 0.1) is 5.92 Å². The van der Waals surface area contributed by atoms with E-state index in [-0.39, 0.29) is 0 Å².